The molecule has 0 aromatic heterocycles. The molecule has 0 heterocycles. The van der Waals surface area contributed by atoms with Crippen molar-refractivity contribution in [3.8, 4) is 0 Å². The number of carboxylic acids is 1. The van der Waals surface area contributed by atoms with Gasteiger partial charge >= 0.3 is 5.97 Å². The summed E-state index contributed by atoms with van der Waals surface area (Å²) < 4.78 is 0. The number of carbonyl (C=O) groups is 1. The van der Waals surface area contributed by atoms with Crippen LogP contribution < -0.4 is 5.32 Å². The minimum absolute atomic E-state index is 0.247. The second-order valence-corrected chi connectivity index (χ2v) is 4.63. The first-order valence-corrected chi connectivity index (χ1v) is 6.29. The summed E-state index contributed by atoms with van der Waals surface area (Å²) >= 11 is 0. The van der Waals surface area contributed by atoms with Gasteiger partial charge < -0.3 is 10.4 Å². The molecule has 17 heavy (non-hydrogen) atoms. The van der Waals surface area contributed by atoms with Crippen LogP contribution in [0.5, 0.6) is 0 Å². The van der Waals surface area contributed by atoms with Gasteiger partial charge in [-0.05, 0) is 48.9 Å². The Hall–Kier alpha value is -1.35. The van der Waals surface area contributed by atoms with Crippen LogP contribution in [0.1, 0.15) is 36.0 Å². The molecule has 0 bridgehead atoms. The van der Waals surface area contributed by atoms with E-state index in [2.05, 4.69) is 23.5 Å². The second kappa shape index (κ2) is 5.82. The summed E-state index contributed by atoms with van der Waals surface area (Å²) in [4.78, 5) is 10.3. The van der Waals surface area contributed by atoms with Crippen molar-refractivity contribution < 1.29 is 9.90 Å². The molecule has 0 fully saturated rings. The van der Waals surface area contributed by atoms with Gasteiger partial charge in [0.15, 0.2) is 0 Å². The van der Waals surface area contributed by atoms with Gasteiger partial charge in [-0.2, -0.15) is 0 Å². The maximum Gasteiger partial charge on any atom is 0.303 e. The molecule has 0 unspecified atom stereocenters. The van der Waals surface area contributed by atoms with Crippen LogP contribution in [0.3, 0.4) is 0 Å². The van der Waals surface area contributed by atoms with Gasteiger partial charge in [-0.3, -0.25) is 4.79 Å². The molecule has 0 aliphatic heterocycles. The highest BCUT2D eigenvalue weighted by atomic mass is 16.4. The van der Waals surface area contributed by atoms with Crippen LogP contribution >= 0.6 is 0 Å². The van der Waals surface area contributed by atoms with Gasteiger partial charge in [0.2, 0.25) is 0 Å². The van der Waals surface area contributed by atoms with Crippen molar-refractivity contribution >= 4 is 5.97 Å². The van der Waals surface area contributed by atoms with Gasteiger partial charge in [0.1, 0.15) is 0 Å². The summed E-state index contributed by atoms with van der Waals surface area (Å²) in [5, 5.41) is 11.8. The summed E-state index contributed by atoms with van der Waals surface area (Å²) in [7, 11) is 0. The van der Waals surface area contributed by atoms with Gasteiger partial charge in [-0.1, -0.05) is 18.2 Å². The van der Waals surface area contributed by atoms with Crippen LogP contribution in [0.15, 0.2) is 18.2 Å². The summed E-state index contributed by atoms with van der Waals surface area (Å²) in [6.45, 7) is 1.61. The smallest absolute Gasteiger partial charge is 0.303 e. The molecule has 3 heteroatoms. The molecular formula is C14H19NO2. The summed E-state index contributed by atoms with van der Waals surface area (Å²) in [6.07, 6.45) is 4.66. The maximum absolute atomic E-state index is 10.3. The number of hydrogen-bond donors (Lipinski definition) is 2. The zero-order valence-electron chi connectivity index (χ0n) is 10.0. The molecule has 3 nitrogen and oxygen atoms in total. The Morgan fingerprint density at radius 3 is 2.94 bits per heavy atom. The molecule has 1 aliphatic rings. The molecule has 0 radical (unpaired) electrons. The molecule has 1 aromatic rings. The van der Waals surface area contributed by atoms with Gasteiger partial charge in [-0.15, -0.1) is 0 Å². The van der Waals surface area contributed by atoms with Crippen molar-refractivity contribution in [3.63, 3.8) is 0 Å². The minimum Gasteiger partial charge on any atom is -0.481 e. The van der Waals surface area contributed by atoms with E-state index in [9.17, 15) is 4.79 Å². The molecule has 0 saturated heterocycles. The predicted octanol–water partition coefficient (Wildman–Crippen LogP) is 2.13. The fraction of sp³-hybridized carbons (Fsp3) is 0.500. The lowest BCUT2D eigenvalue weighted by Crippen LogP contribution is -2.15. The van der Waals surface area contributed by atoms with E-state index in [0.29, 0.717) is 6.42 Å². The second-order valence-electron chi connectivity index (χ2n) is 4.63. The maximum atomic E-state index is 10.3. The third kappa shape index (κ3) is 3.56. The Bertz CT molecular complexity index is 401. The molecule has 1 aliphatic carbocycles. The lowest BCUT2D eigenvalue weighted by Gasteiger charge is -2.06. The highest BCUT2D eigenvalue weighted by Crippen LogP contribution is 2.22. The molecule has 92 valence electrons. The van der Waals surface area contributed by atoms with Crippen LogP contribution in [-0.2, 0) is 24.2 Å². The average Bonchev–Trinajstić information content (AvgIpc) is 2.75. The number of carboxylic acid groups (broad SMARTS) is 1. The zero-order valence-corrected chi connectivity index (χ0v) is 10.0. The Labute approximate surface area is 102 Å². The molecule has 2 rings (SSSR count). The Morgan fingerprint density at radius 1 is 1.29 bits per heavy atom. The molecular weight excluding hydrogens is 214 g/mol. The van der Waals surface area contributed by atoms with Crippen LogP contribution in [0.2, 0.25) is 0 Å². The Morgan fingerprint density at radius 2 is 2.12 bits per heavy atom. The first kappa shape index (κ1) is 12.1. The third-order valence-electron chi connectivity index (χ3n) is 3.24. The van der Waals surface area contributed by atoms with E-state index in [0.717, 1.165) is 13.1 Å². The number of aryl methyl sites for hydroxylation is 2. The van der Waals surface area contributed by atoms with Crippen LogP contribution in [0.4, 0.5) is 0 Å². The standard InChI is InChI=1S/C14H19NO2/c16-14(17)5-2-8-15-10-11-6-7-12-3-1-4-13(12)9-11/h6-7,9,15H,1-5,8,10H2,(H,16,17). The number of fused-ring (bicyclic) bond motifs is 1. The monoisotopic (exact) mass is 233 g/mol. The average molecular weight is 233 g/mol. The van der Waals surface area contributed by atoms with Crippen LogP contribution in [0, 0.1) is 0 Å². The van der Waals surface area contributed by atoms with Crippen molar-refractivity contribution in [1.82, 2.24) is 5.32 Å². The number of aliphatic carboxylic acids is 1. The van der Waals surface area contributed by atoms with Crippen molar-refractivity contribution in [2.75, 3.05) is 6.54 Å². The van der Waals surface area contributed by atoms with Crippen molar-refractivity contribution in [2.24, 2.45) is 0 Å². The van der Waals surface area contributed by atoms with Gasteiger partial charge in [0.25, 0.3) is 0 Å². The van der Waals surface area contributed by atoms with E-state index >= 15 is 0 Å². The molecule has 0 amide bonds. The zero-order chi connectivity index (χ0) is 12.1. The van der Waals surface area contributed by atoms with Gasteiger partial charge in [0.05, 0.1) is 0 Å². The van der Waals surface area contributed by atoms with E-state index in [1.807, 2.05) is 0 Å². The van der Waals surface area contributed by atoms with E-state index in [1.54, 1.807) is 0 Å². The topological polar surface area (TPSA) is 49.3 Å². The fourth-order valence-corrected chi connectivity index (χ4v) is 2.33. The Kier molecular flexibility index (Phi) is 4.15. The van der Waals surface area contributed by atoms with Crippen molar-refractivity contribution in [3.05, 3.63) is 34.9 Å². The quantitative estimate of drug-likeness (QED) is 0.740. The highest BCUT2D eigenvalue weighted by molar-refractivity contribution is 5.66. The van der Waals surface area contributed by atoms with E-state index < -0.39 is 5.97 Å². The van der Waals surface area contributed by atoms with Crippen molar-refractivity contribution in [2.45, 2.75) is 38.6 Å². The Balaban J connectivity index is 1.74. The van der Waals surface area contributed by atoms with Crippen molar-refractivity contribution in [1.29, 1.82) is 0 Å². The third-order valence-corrected chi connectivity index (χ3v) is 3.24. The number of hydrogen-bond acceptors (Lipinski definition) is 2. The van der Waals surface area contributed by atoms with E-state index in [4.69, 9.17) is 5.11 Å². The number of benzene rings is 1. The highest BCUT2D eigenvalue weighted by Gasteiger charge is 2.10. The molecule has 2 N–H and O–H groups in total. The predicted molar refractivity (Wildman–Crippen MR) is 67.0 cm³/mol. The minimum atomic E-state index is -0.718. The molecule has 0 saturated carbocycles. The van der Waals surface area contributed by atoms with Gasteiger partial charge in [0, 0.05) is 13.0 Å². The summed E-state index contributed by atoms with van der Waals surface area (Å²) in [5.41, 5.74) is 4.30. The SMILES string of the molecule is O=C(O)CCCNCc1ccc2c(c1)CCC2. The fourth-order valence-electron chi connectivity index (χ4n) is 2.33. The van der Waals surface area contributed by atoms with Crippen LogP contribution in [-0.4, -0.2) is 17.6 Å². The number of nitrogens with one attached hydrogen (secondary N) is 1. The lowest BCUT2D eigenvalue weighted by atomic mass is 10.1. The lowest BCUT2D eigenvalue weighted by molar-refractivity contribution is -0.137. The normalized spacial score (nSPS) is 13.6. The largest absolute Gasteiger partial charge is 0.481 e. The summed E-state index contributed by atoms with van der Waals surface area (Å²) in [6, 6.07) is 6.69. The van der Waals surface area contributed by atoms with E-state index in [1.165, 1.54) is 36.0 Å². The molecule has 0 spiro atoms. The summed E-state index contributed by atoms with van der Waals surface area (Å²) in [5.74, 6) is -0.718. The van der Waals surface area contributed by atoms with E-state index in [-0.39, 0.29) is 6.42 Å². The first-order chi connectivity index (χ1) is 8.25. The first-order valence-electron chi connectivity index (χ1n) is 6.29. The number of rotatable bonds is 6. The molecule has 0 atom stereocenters. The van der Waals surface area contributed by atoms with Gasteiger partial charge in [-0.25, -0.2) is 0 Å². The van der Waals surface area contributed by atoms with Crippen LogP contribution in [0.25, 0.3) is 0 Å². The molecule has 1 aromatic carbocycles.